The van der Waals surface area contributed by atoms with Crippen molar-refractivity contribution in [1.29, 1.82) is 0 Å². The molecular weight excluding hydrogens is 288 g/mol. The quantitative estimate of drug-likeness (QED) is 0.688. The van der Waals surface area contributed by atoms with Crippen molar-refractivity contribution in [2.24, 2.45) is 0 Å². The van der Waals surface area contributed by atoms with Gasteiger partial charge in [-0.25, -0.2) is 4.79 Å². The number of hydrogen-bond acceptors (Lipinski definition) is 6. The third-order valence-electron chi connectivity index (χ3n) is 2.87. The van der Waals surface area contributed by atoms with E-state index in [4.69, 9.17) is 4.74 Å². The highest BCUT2D eigenvalue weighted by atomic mass is 16.5. The van der Waals surface area contributed by atoms with Crippen LogP contribution in [0.25, 0.3) is 0 Å². The molecule has 0 saturated carbocycles. The lowest BCUT2D eigenvalue weighted by molar-refractivity contribution is 0.0691. The Morgan fingerprint density at radius 2 is 2.14 bits per heavy atom. The molecule has 0 aliphatic rings. The fourth-order valence-corrected chi connectivity index (χ4v) is 1.86. The molecule has 0 fully saturated rings. The summed E-state index contributed by atoms with van der Waals surface area (Å²) in [5, 5.41) is 26.7. The molecule has 0 unspecified atom stereocenters. The summed E-state index contributed by atoms with van der Waals surface area (Å²) < 4.78 is 6.90. The van der Waals surface area contributed by atoms with E-state index in [0.29, 0.717) is 5.82 Å². The molecule has 0 aliphatic carbocycles. The van der Waals surface area contributed by atoms with E-state index in [1.807, 2.05) is 30.3 Å². The molecule has 0 saturated heterocycles. The second-order valence-corrected chi connectivity index (χ2v) is 4.45. The molecule has 9 heteroatoms. The molecule has 22 heavy (non-hydrogen) atoms. The SMILES string of the molecule is O=C(O)c1cn(Cc2nn[nH]n2)nc1OCc1ccccc1. The number of H-pyrrole nitrogens is 1. The molecule has 0 amide bonds. The van der Waals surface area contributed by atoms with Gasteiger partial charge in [-0.1, -0.05) is 35.5 Å². The predicted molar refractivity (Wildman–Crippen MR) is 73.2 cm³/mol. The Bertz CT molecular complexity index is 753. The highest BCUT2D eigenvalue weighted by Crippen LogP contribution is 2.18. The van der Waals surface area contributed by atoms with E-state index in [0.717, 1.165) is 5.56 Å². The fraction of sp³-hybridized carbons (Fsp3) is 0.154. The zero-order chi connectivity index (χ0) is 15.4. The summed E-state index contributed by atoms with van der Waals surface area (Å²) in [7, 11) is 0. The standard InChI is InChI=1S/C13H12N6O3/c20-13(21)10-6-19(7-11-14-17-18-15-11)16-12(10)22-8-9-4-2-1-3-5-9/h1-6H,7-8H2,(H,20,21)(H,14,15,17,18). The number of carboxylic acid groups (broad SMARTS) is 1. The Balaban J connectivity index is 1.77. The molecule has 112 valence electrons. The van der Waals surface area contributed by atoms with Gasteiger partial charge < -0.3 is 9.84 Å². The van der Waals surface area contributed by atoms with E-state index in [-0.39, 0.29) is 24.6 Å². The number of benzene rings is 1. The maximum atomic E-state index is 11.3. The van der Waals surface area contributed by atoms with Gasteiger partial charge in [0.25, 0.3) is 0 Å². The van der Waals surface area contributed by atoms with Gasteiger partial charge in [-0.05, 0) is 5.56 Å². The lowest BCUT2D eigenvalue weighted by Gasteiger charge is -2.03. The summed E-state index contributed by atoms with van der Waals surface area (Å²) in [6.45, 7) is 0.436. The summed E-state index contributed by atoms with van der Waals surface area (Å²) >= 11 is 0. The number of rotatable bonds is 6. The summed E-state index contributed by atoms with van der Waals surface area (Å²) in [5.74, 6) is -0.656. The Morgan fingerprint density at radius 3 is 2.82 bits per heavy atom. The molecule has 0 bridgehead atoms. The number of aromatic carboxylic acids is 1. The minimum atomic E-state index is -1.11. The number of aromatic amines is 1. The van der Waals surface area contributed by atoms with Crippen LogP contribution in [0.4, 0.5) is 0 Å². The Kier molecular flexibility index (Phi) is 3.77. The van der Waals surface area contributed by atoms with E-state index in [1.54, 1.807) is 0 Å². The normalized spacial score (nSPS) is 10.5. The van der Waals surface area contributed by atoms with Crippen molar-refractivity contribution in [3.63, 3.8) is 0 Å². The Hall–Kier alpha value is -3.23. The smallest absolute Gasteiger partial charge is 0.342 e. The van der Waals surface area contributed by atoms with Crippen molar-refractivity contribution in [3.05, 3.63) is 53.5 Å². The van der Waals surface area contributed by atoms with Gasteiger partial charge in [0, 0.05) is 6.20 Å². The number of hydrogen-bond donors (Lipinski definition) is 2. The maximum absolute atomic E-state index is 11.3. The largest absolute Gasteiger partial charge is 0.477 e. The lowest BCUT2D eigenvalue weighted by atomic mass is 10.2. The summed E-state index contributed by atoms with van der Waals surface area (Å²) in [6.07, 6.45) is 1.37. The van der Waals surface area contributed by atoms with Crippen LogP contribution in [0.1, 0.15) is 21.7 Å². The highest BCUT2D eigenvalue weighted by molar-refractivity contribution is 5.89. The number of nitrogens with zero attached hydrogens (tertiary/aromatic N) is 5. The van der Waals surface area contributed by atoms with Crippen LogP contribution in [0.15, 0.2) is 36.5 Å². The molecule has 1 aromatic carbocycles. The first kappa shape index (κ1) is 13.7. The first-order chi connectivity index (χ1) is 10.7. The maximum Gasteiger partial charge on any atom is 0.342 e. The minimum Gasteiger partial charge on any atom is -0.477 e. The van der Waals surface area contributed by atoms with Crippen molar-refractivity contribution in [3.8, 4) is 5.88 Å². The monoisotopic (exact) mass is 300 g/mol. The van der Waals surface area contributed by atoms with E-state index < -0.39 is 5.97 Å². The molecular formula is C13H12N6O3. The van der Waals surface area contributed by atoms with E-state index in [2.05, 4.69) is 25.7 Å². The van der Waals surface area contributed by atoms with Crippen LogP contribution < -0.4 is 4.74 Å². The Morgan fingerprint density at radius 1 is 1.32 bits per heavy atom. The average molecular weight is 300 g/mol. The van der Waals surface area contributed by atoms with Gasteiger partial charge in [-0.2, -0.15) is 5.21 Å². The van der Waals surface area contributed by atoms with Gasteiger partial charge >= 0.3 is 5.97 Å². The van der Waals surface area contributed by atoms with E-state index in [9.17, 15) is 9.90 Å². The van der Waals surface area contributed by atoms with Crippen LogP contribution in [-0.4, -0.2) is 41.5 Å². The first-order valence-electron chi connectivity index (χ1n) is 6.42. The molecule has 3 rings (SSSR count). The average Bonchev–Trinajstić information content (AvgIpc) is 3.16. The zero-order valence-electron chi connectivity index (χ0n) is 11.4. The van der Waals surface area contributed by atoms with Crippen molar-refractivity contribution >= 4 is 5.97 Å². The molecule has 3 aromatic rings. The highest BCUT2D eigenvalue weighted by Gasteiger charge is 2.18. The molecule has 0 atom stereocenters. The van der Waals surface area contributed by atoms with Gasteiger partial charge in [0.15, 0.2) is 5.82 Å². The van der Waals surface area contributed by atoms with Gasteiger partial charge in [0.1, 0.15) is 18.7 Å². The fourth-order valence-electron chi connectivity index (χ4n) is 1.86. The zero-order valence-corrected chi connectivity index (χ0v) is 11.4. The van der Waals surface area contributed by atoms with E-state index >= 15 is 0 Å². The summed E-state index contributed by atoms with van der Waals surface area (Å²) in [4.78, 5) is 11.3. The molecule has 0 radical (unpaired) electrons. The van der Waals surface area contributed by atoms with E-state index in [1.165, 1.54) is 10.9 Å². The third-order valence-corrected chi connectivity index (χ3v) is 2.87. The van der Waals surface area contributed by atoms with Crippen LogP contribution in [0.2, 0.25) is 0 Å². The van der Waals surface area contributed by atoms with Gasteiger partial charge in [0.2, 0.25) is 5.88 Å². The van der Waals surface area contributed by atoms with Gasteiger partial charge in [-0.15, -0.1) is 15.3 Å². The number of tetrazole rings is 1. The van der Waals surface area contributed by atoms with Crippen molar-refractivity contribution < 1.29 is 14.6 Å². The molecule has 0 spiro atoms. The topological polar surface area (TPSA) is 119 Å². The number of aromatic nitrogens is 6. The molecule has 2 N–H and O–H groups in total. The summed E-state index contributed by atoms with van der Waals surface area (Å²) in [5.41, 5.74) is 0.908. The lowest BCUT2D eigenvalue weighted by Crippen LogP contribution is -2.03. The predicted octanol–water partition coefficient (Wildman–Crippen LogP) is 0.722. The van der Waals surface area contributed by atoms with Crippen LogP contribution in [-0.2, 0) is 13.2 Å². The van der Waals surface area contributed by atoms with Crippen molar-refractivity contribution in [2.75, 3.05) is 0 Å². The molecule has 9 nitrogen and oxygen atoms in total. The third kappa shape index (κ3) is 3.08. The molecule has 2 heterocycles. The van der Waals surface area contributed by atoms with Crippen LogP contribution >= 0.6 is 0 Å². The number of nitrogens with one attached hydrogen (secondary N) is 1. The van der Waals surface area contributed by atoms with Crippen LogP contribution in [0, 0.1) is 0 Å². The van der Waals surface area contributed by atoms with Crippen molar-refractivity contribution in [1.82, 2.24) is 30.4 Å². The minimum absolute atomic E-state index is 0.0144. The van der Waals surface area contributed by atoms with Gasteiger partial charge in [0.05, 0.1) is 0 Å². The summed E-state index contributed by atoms with van der Waals surface area (Å²) in [6, 6.07) is 9.43. The van der Waals surface area contributed by atoms with Crippen molar-refractivity contribution in [2.45, 2.75) is 13.2 Å². The second-order valence-electron chi connectivity index (χ2n) is 4.45. The molecule has 0 aliphatic heterocycles. The first-order valence-corrected chi connectivity index (χ1v) is 6.42. The van der Waals surface area contributed by atoms with Crippen LogP contribution in [0.3, 0.4) is 0 Å². The number of carboxylic acids is 1. The number of carbonyl (C=O) groups is 1. The Labute approximate surface area is 124 Å². The van der Waals surface area contributed by atoms with Crippen LogP contribution in [0.5, 0.6) is 5.88 Å². The van der Waals surface area contributed by atoms with Gasteiger partial charge in [-0.3, -0.25) is 4.68 Å². The molecule has 2 aromatic heterocycles. The number of ether oxygens (including phenoxy) is 1. The second kappa shape index (κ2) is 6.04.